The van der Waals surface area contributed by atoms with E-state index in [0.29, 0.717) is 5.92 Å². The highest BCUT2D eigenvalue weighted by Gasteiger charge is 2.07. The molecule has 2 aromatic carbocycles. The first kappa shape index (κ1) is 13.4. The molecular formula is C18H19N3. The number of para-hydroxylation sites is 2. The van der Waals surface area contributed by atoms with Crippen LogP contribution in [0.2, 0.25) is 0 Å². The van der Waals surface area contributed by atoms with Crippen LogP contribution < -0.4 is 5.32 Å². The molecule has 0 unspecified atom stereocenters. The number of aromatic nitrogens is 2. The van der Waals surface area contributed by atoms with Gasteiger partial charge in [-0.05, 0) is 29.7 Å². The smallest absolute Gasteiger partial charge is 0.0775 e. The summed E-state index contributed by atoms with van der Waals surface area (Å²) in [6.45, 7) is 4.40. The van der Waals surface area contributed by atoms with Crippen molar-refractivity contribution in [1.82, 2.24) is 9.78 Å². The topological polar surface area (TPSA) is 29.9 Å². The Morgan fingerprint density at radius 3 is 2.43 bits per heavy atom. The molecule has 0 saturated carbocycles. The Morgan fingerprint density at radius 2 is 1.67 bits per heavy atom. The van der Waals surface area contributed by atoms with Crippen LogP contribution in [0.1, 0.15) is 25.3 Å². The molecule has 3 rings (SSSR count). The number of nitrogens with one attached hydrogen (secondary N) is 1. The highest BCUT2D eigenvalue weighted by molar-refractivity contribution is 5.63. The first-order valence-corrected chi connectivity index (χ1v) is 7.20. The molecule has 3 heteroatoms. The second-order valence-electron chi connectivity index (χ2n) is 5.38. The van der Waals surface area contributed by atoms with Crippen LogP contribution in [-0.4, -0.2) is 9.78 Å². The monoisotopic (exact) mass is 277 g/mol. The van der Waals surface area contributed by atoms with Crippen LogP contribution in [-0.2, 0) is 0 Å². The Bertz CT molecular complexity index is 714. The number of benzene rings is 2. The Labute approximate surface area is 125 Å². The van der Waals surface area contributed by atoms with Crippen LogP contribution in [0.25, 0.3) is 5.69 Å². The van der Waals surface area contributed by atoms with E-state index >= 15 is 0 Å². The number of hydrogen-bond acceptors (Lipinski definition) is 2. The molecule has 0 fully saturated rings. The fraction of sp³-hybridized carbons (Fsp3) is 0.167. The van der Waals surface area contributed by atoms with Crippen molar-refractivity contribution < 1.29 is 0 Å². The minimum Gasteiger partial charge on any atom is -0.353 e. The van der Waals surface area contributed by atoms with Gasteiger partial charge in [0.1, 0.15) is 0 Å². The SMILES string of the molecule is CC(C)c1ccccc1Nc1cnn(-c2ccccc2)c1. The average molecular weight is 277 g/mol. The highest BCUT2D eigenvalue weighted by Crippen LogP contribution is 2.26. The van der Waals surface area contributed by atoms with Crippen LogP contribution in [0.3, 0.4) is 0 Å². The lowest BCUT2D eigenvalue weighted by atomic mass is 10.0. The molecule has 1 heterocycles. The lowest BCUT2D eigenvalue weighted by Gasteiger charge is -2.13. The second kappa shape index (κ2) is 5.83. The predicted molar refractivity (Wildman–Crippen MR) is 87.4 cm³/mol. The highest BCUT2D eigenvalue weighted by atomic mass is 15.3. The summed E-state index contributed by atoms with van der Waals surface area (Å²) >= 11 is 0. The third-order valence-corrected chi connectivity index (χ3v) is 3.47. The fourth-order valence-electron chi connectivity index (χ4n) is 2.38. The van der Waals surface area contributed by atoms with Gasteiger partial charge in [0.05, 0.1) is 23.8 Å². The van der Waals surface area contributed by atoms with Gasteiger partial charge in [0, 0.05) is 5.69 Å². The zero-order valence-corrected chi connectivity index (χ0v) is 12.3. The largest absolute Gasteiger partial charge is 0.353 e. The van der Waals surface area contributed by atoms with Crippen LogP contribution in [0.4, 0.5) is 11.4 Å². The van der Waals surface area contributed by atoms with Crippen molar-refractivity contribution in [1.29, 1.82) is 0 Å². The summed E-state index contributed by atoms with van der Waals surface area (Å²) in [5, 5.41) is 7.87. The molecule has 0 amide bonds. The molecule has 3 nitrogen and oxygen atoms in total. The van der Waals surface area contributed by atoms with E-state index in [2.05, 4.69) is 48.5 Å². The Hall–Kier alpha value is -2.55. The van der Waals surface area contributed by atoms with E-state index in [1.807, 2.05) is 47.4 Å². The van der Waals surface area contributed by atoms with Crippen molar-refractivity contribution in [3.63, 3.8) is 0 Å². The Morgan fingerprint density at radius 1 is 0.952 bits per heavy atom. The second-order valence-corrected chi connectivity index (χ2v) is 5.38. The van der Waals surface area contributed by atoms with Crippen LogP contribution in [0, 0.1) is 0 Å². The van der Waals surface area contributed by atoms with E-state index in [1.54, 1.807) is 0 Å². The minimum absolute atomic E-state index is 0.484. The maximum atomic E-state index is 4.41. The first-order chi connectivity index (χ1) is 10.2. The molecular weight excluding hydrogens is 258 g/mol. The average Bonchev–Trinajstić information content (AvgIpc) is 2.97. The maximum absolute atomic E-state index is 4.41. The summed E-state index contributed by atoms with van der Waals surface area (Å²) in [5.74, 6) is 0.484. The van der Waals surface area contributed by atoms with Gasteiger partial charge < -0.3 is 5.32 Å². The third kappa shape index (κ3) is 2.97. The van der Waals surface area contributed by atoms with E-state index < -0.39 is 0 Å². The minimum atomic E-state index is 0.484. The first-order valence-electron chi connectivity index (χ1n) is 7.20. The van der Waals surface area contributed by atoms with Crippen molar-refractivity contribution in [2.75, 3.05) is 5.32 Å². The molecule has 0 aliphatic heterocycles. The predicted octanol–water partition coefficient (Wildman–Crippen LogP) is 4.74. The molecule has 1 aromatic heterocycles. The zero-order chi connectivity index (χ0) is 14.7. The molecule has 0 saturated heterocycles. The number of hydrogen-bond donors (Lipinski definition) is 1. The Kier molecular flexibility index (Phi) is 3.73. The molecule has 0 atom stereocenters. The van der Waals surface area contributed by atoms with Gasteiger partial charge in [-0.1, -0.05) is 50.2 Å². The van der Waals surface area contributed by atoms with Gasteiger partial charge in [-0.25, -0.2) is 4.68 Å². The van der Waals surface area contributed by atoms with E-state index in [4.69, 9.17) is 0 Å². The Balaban J connectivity index is 1.86. The normalized spacial score (nSPS) is 10.8. The summed E-state index contributed by atoms with van der Waals surface area (Å²) in [4.78, 5) is 0. The standard InChI is InChI=1S/C18H19N3/c1-14(2)17-10-6-7-11-18(17)20-15-12-19-21(13-15)16-8-4-3-5-9-16/h3-14,20H,1-2H3. The molecule has 0 aliphatic carbocycles. The summed E-state index contributed by atoms with van der Waals surface area (Å²) in [6, 6.07) is 18.5. The van der Waals surface area contributed by atoms with Gasteiger partial charge >= 0.3 is 0 Å². The van der Waals surface area contributed by atoms with Crippen LogP contribution in [0.15, 0.2) is 67.0 Å². The van der Waals surface area contributed by atoms with E-state index in [-0.39, 0.29) is 0 Å². The number of anilines is 2. The molecule has 0 aliphatic rings. The molecule has 0 bridgehead atoms. The maximum Gasteiger partial charge on any atom is 0.0775 e. The van der Waals surface area contributed by atoms with Crippen molar-refractivity contribution >= 4 is 11.4 Å². The van der Waals surface area contributed by atoms with Crippen molar-refractivity contribution in [3.05, 3.63) is 72.6 Å². The third-order valence-electron chi connectivity index (χ3n) is 3.47. The molecule has 0 spiro atoms. The van der Waals surface area contributed by atoms with Gasteiger partial charge in [-0.15, -0.1) is 0 Å². The lowest BCUT2D eigenvalue weighted by Crippen LogP contribution is -1.97. The van der Waals surface area contributed by atoms with E-state index in [0.717, 1.165) is 17.1 Å². The molecule has 0 radical (unpaired) electrons. The summed E-state index contributed by atoms with van der Waals surface area (Å²) in [6.07, 6.45) is 3.86. The molecule has 21 heavy (non-hydrogen) atoms. The van der Waals surface area contributed by atoms with E-state index in [1.165, 1.54) is 5.56 Å². The van der Waals surface area contributed by atoms with Crippen molar-refractivity contribution in [3.8, 4) is 5.69 Å². The van der Waals surface area contributed by atoms with Crippen molar-refractivity contribution in [2.24, 2.45) is 0 Å². The van der Waals surface area contributed by atoms with Gasteiger partial charge in [-0.3, -0.25) is 0 Å². The van der Waals surface area contributed by atoms with Crippen LogP contribution in [0.5, 0.6) is 0 Å². The number of nitrogens with zero attached hydrogens (tertiary/aromatic N) is 2. The number of rotatable bonds is 4. The molecule has 106 valence electrons. The van der Waals surface area contributed by atoms with Gasteiger partial charge in [0.2, 0.25) is 0 Å². The van der Waals surface area contributed by atoms with Crippen LogP contribution >= 0.6 is 0 Å². The van der Waals surface area contributed by atoms with Crippen molar-refractivity contribution in [2.45, 2.75) is 19.8 Å². The fourth-order valence-corrected chi connectivity index (χ4v) is 2.38. The summed E-state index contributed by atoms with van der Waals surface area (Å²) < 4.78 is 1.88. The lowest BCUT2D eigenvalue weighted by molar-refractivity contribution is 0.869. The van der Waals surface area contributed by atoms with E-state index in [9.17, 15) is 0 Å². The van der Waals surface area contributed by atoms with Gasteiger partial charge in [0.25, 0.3) is 0 Å². The quantitative estimate of drug-likeness (QED) is 0.746. The molecule has 3 aromatic rings. The summed E-state index contributed by atoms with van der Waals surface area (Å²) in [5.41, 5.74) is 4.50. The molecule has 1 N–H and O–H groups in total. The van der Waals surface area contributed by atoms with Gasteiger partial charge in [-0.2, -0.15) is 5.10 Å². The zero-order valence-electron chi connectivity index (χ0n) is 12.3. The summed E-state index contributed by atoms with van der Waals surface area (Å²) in [7, 11) is 0. The van der Waals surface area contributed by atoms with Gasteiger partial charge in [0.15, 0.2) is 0 Å².